The van der Waals surface area contributed by atoms with Gasteiger partial charge in [0, 0.05) is 0 Å². The Morgan fingerprint density at radius 1 is 0.889 bits per heavy atom. The number of esters is 1. The lowest BCUT2D eigenvalue weighted by molar-refractivity contribution is 0.0526. The van der Waals surface area contributed by atoms with Gasteiger partial charge in [0.1, 0.15) is 5.25 Å². The van der Waals surface area contributed by atoms with E-state index in [1.54, 1.807) is 55.5 Å². The molecule has 0 saturated carbocycles. The lowest BCUT2D eigenvalue weighted by atomic mass is 10.0. The van der Waals surface area contributed by atoms with Crippen molar-refractivity contribution in [2.45, 2.75) is 17.1 Å². The van der Waals surface area contributed by atoms with Gasteiger partial charge >= 0.3 is 5.97 Å². The van der Waals surface area contributed by atoms with Gasteiger partial charge in [-0.15, -0.1) is 0 Å². The highest BCUT2D eigenvalue weighted by atomic mass is 32.2. The summed E-state index contributed by atoms with van der Waals surface area (Å²) in [5, 5.41) is -0.789. The van der Waals surface area contributed by atoms with Crippen molar-refractivity contribution in [3.05, 3.63) is 89.5 Å². The maximum atomic E-state index is 13.4. The van der Waals surface area contributed by atoms with Gasteiger partial charge in [0.25, 0.3) is 0 Å². The minimum absolute atomic E-state index is 0.284. The van der Waals surface area contributed by atoms with Crippen LogP contribution in [0.1, 0.15) is 33.7 Å². The van der Waals surface area contributed by atoms with Crippen molar-refractivity contribution in [1.29, 1.82) is 0 Å². The van der Waals surface area contributed by atoms with Gasteiger partial charge in [-0.05, 0) is 53.4 Å². The van der Waals surface area contributed by atoms with Crippen molar-refractivity contribution in [2.75, 3.05) is 6.61 Å². The molecule has 0 aromatic heterocycles. The molecule has 0 radical (unpaired) electrons. The van der Waals surface area contributed by atoms with E-state index in [0.29, 0.717) is 11.1 Å². The SMILES string of the molecule is CCOC(=O)c1ccc2c(c1)-c1ccccc1C2S(=O)(=O)c1ccccc1. The van der Waals surface area contributed by atoms with Crippen LogP contribution in [0.5, 0.6) is 0 Å². The van der Waals surface area contributed by atoms with Gasteiger partial charge in [0.05, 0.1) is 17.1 Å². The lowest BCUT2D eigenvalue weighted by Crippen LogP contribution is -2.13. The molecule has 4 rings (SSSR count). The molecule has 5 heteroatoms. The summed E-state index contributed by atoms with van der Waals surface area (Å²) in [5.74, 6) is -0.410. The third kappa shape index (κ3) is 2.84. The second kappa shape index (κ2) is 6.67. The molecule has 0 aliphatic heterocycles. The van der Waals surface area contributed by atoms with E-state index in [4.69, 9.17) is 4.74 Å². The summed E-state index contributed by atoms with van der Waals surface area (Å²) in [6, 6.07) is 21.0. The van der Waals surface area contributed by atoms with E-state index in [1.807, 2.05) is 24.3 Å². The zero-order valence-electron chi connectivity index (χ0n) is 14.8. The number of benzene rings is 3. The molecule has 1 unspecified atom stereocenters. The maximum Gasteiger partial charge on any atom is 0.338 e. The highest BCUT2D eigenvalue weighted by molar-refractivity contribution is 7.92. The Labute approximate surface area is 158 Å². The van der Waals surface area contributed by atoms with Gasteiger partial charge in [-0.1, -0.05) is 48.5 Å². The molecule has 0 bridgehead atoms. The Morgan fingerprint density at radius 2 is 1.56 bits per heavy atom. The zero-order valence-corrected chi connectivity index (χ0v) is 15.6. The molecular weight excluding hydrogens is 360 g/mol. The molecule has 3 aromatic rings. The molecule has 4 nitrogen and oxygen atoms in total. The van der Waals surface area contributed by atoms with E-state index in [-0.39, 0.29) is 11.5 Å². The quantitative estimate of drug-likeness (QED) is 0.631. The first kappa shape index (κ1) is 17.5. The number of carbonyl (C=O) groups excluding carboxylic acids is 1. The van der Waals surface area contributed by atoms with Crippen LogP contribution >= 0.6 is 0 Å². The fraction of sp³-hybridized carbons (Fsp3) is 0.136. The molecule has 0 spiro atoms. The predicted octanol–water partition coefficient (Wildman–Crippen LogP) is 4.41. The average Bonchev–Trinajstić information content (AvgIpc) is 3.03. The van der Waals surface area contributed by atoms with Crippen LogP contribution in [0.3, 0.4) is 0 Å². The van der Waals surface area contributed by atoms with Crippen LogP contribution in [-0.2, 0) is 14.6 Å². The van der Waals surface area contributed by atoms with E-state index in [1.165, 1.54) is 0 Å². The van der Waals surface area contributed by atoms with Crippen LogP contribution in [-0.4, -0.2) is 21.0 Å². The number of fused-ring (bicyclic) bond motifs is 3. The largest absolute Gasteiger partial charge is 0.462 e. The molecule has 0 fully saturated rings. The molecule has 1 atom stereocenters. The highest BCUT2D eigenvalue weighted by Crippen LogP contribution is 2.49. The van der Waals surface area contributed by atoms with Crippen molar-refractivity contribution < 1.29 is 17.9 Å². The van der Waals surface area contributed by atoms with Gasteiger partial charge in [-0.3, -0.25) is 0 Å². The molecule has 1 aliphatic carbocycles. The minimum Gasteiger partial charge on any atom is -0.462 e. The Balaban J connectivity index is 1.91. The maximum absolute atomic E-state index is 13.4. The number of hydrogen-bond acceptors (Lipinski definition) is 4. The first-order chi connectivity index (χ1) is 13.0. The van der Waals surface area contributed by atoms with Crippen LogP contribution in [0, 0.1) is 0 Å². The van der Waals surface area contributed by atoms with E-state index < -0.39 is 21.1 Å². The molecule has 136 valence electrons. The van der Waals surface area contributed by atoms with Gasteiger partial charge in [-0.25, -0.2) is 13.2 Å². The number of rotatable bonds is 4. The third-order valence-corrected chi connectivity index (χ3v) is 6.82. The molecular formula is C22H18O4S. The van der Waals surface area contributed by atoms with Crippen molar-refractivity contribution in [3.63, 3.8) is 0 Å². The smallest absolute Gasteiger partial charge is 0.338 e. The minimum atomic E-state index is -3.63. The topological polar surface area (TPSA) is 60.4 Å². The van der Waals surface area contributed by atoms with E-state index in [0.717, 1.165) is 16.7 Å². The van der Waals surface area contributed by atoms with Crippen LogP contribution in [0.2, 0.25) is 0 Å². The summed E-state index contributed by atoms with van der Waals surface area (Å²) in [7, 11) is -3.63. The molecule has 0 N–H and O–H groups in total. The first-order valence-corrected chi connectivity index (χ1v) is 10.3. The van der Waals surface area contributed by atoms with Gasteiger partial charge in [-0.2, -0.15) is 0 Å². The fourth-order valence-electron chi connectivity index (χ4n) is 3.58. The molecule has 3 aromatic carbocycles. The van der Waals surface area contributed by atoms with Gasteiger partial charge in [0.15, 0.2) is 9.84 Å². The number of carbonyl (C=O) groups is 1. The normalized spacial score (nSPS) is 15.1. The van der Waals surface area contributed by atoms with Gasteiger partial charge in [0.2, 0.25) is 0 Å². The molecule has 0 amide bonds. The lowest BCUT2D eigenvalue weighted by Gasteiger charge is -2.15. The summed E-state index contributed by atoms with van der Waals surface area (Å²) in [5.41, 5.74) is 3.44. The highest BCUT2D eigenvalue weighted by Gasteiger charge is 2.39. The van der Waals surface area contributed by atoms with Crippen LogP contribution in [0.25, 0.3) is 11.1 Å². The second-order valence-electron chi connectivity index (χ2n) is 6.35. The number of sulfone groups is 1. The summed E-state index contributed by atoms with van der Waals surface area (Å²) >= 11 is 0. The monoisotopic (exact) mass is 378 g/mol. The van der Waals surface area contributed by atoms with E-state index in [2.05, 4.69) is 0 Å². The summed E-state index contributed by atoms with van der Waals surface area (Å²) < 4.78 is 31.9. The van der Waals surface area contributed by atoms with Crippen LogP contribution in [0.15, 0.2) is 77.7 Å². The van der Waals surface area contributed by atoms with Crippen molar-refractivity contribution in [2.24, 2.45) is 0 Å². The van der Waals surface area contributed by atoms with Crippen LogP contribution < -0.4 is 0 Å². The molecule has 0 saturated heterocycles. The summed E-state index contributed by atoms with van der Waals surface area (Å²) in [6.07, 6.45) is 0. The molecule has 0 heterocycles. The van der Waals surface area contributed by atoms with Gasteiger partial charge < -0.3 is 4.74 Å². The summed E-state index contributed by atoms with van der Waals surface area (Å²) in [4.78, 5) is 12.4. The Kier molecular flexibility index (Phi) is 4.32. The Morgan fingerprint density at radius 3 is 2.30 bits per heavy atom. The number of hydrogen-bond donors (Lipinski definition) is 0. The van der Waals surface area contributed by atoms with E-state index in [9.17, 15) is 13.2 Å². The molecule has 1 aliphatic rings. The Bertz CT molecular complexity index is 1120. The Hall–Kier alpha value is -2.92. The third-order valence-electron chi connectivity index (χ3n) is 4.76. The van der Waals surface area contributed by atoms with Crippen molar-refractivity contribution in [3.8, 4) is 11.1 Å². The first-order valence-electron chi connectivity index (χ1n) is 8.73. The van der Waals surface area contributed by atoms with Crippen LogP contribution in [0.4, 0.5) is 0 Å². The predicted molar refractivity (Wildman–Crippen MR) is 103 cm³/mol. The molecule has 27 heavy (non-hydrogen) atoms. The zero-order chi connectivity index (χ0) is 19.0. The second-order valence-corrected chi connectivity index (χ2v) is 8.38. The van der Waals surface area contributed by atoms with Crippen molar-refractivity contribution >= 4 is 15.8 Å². The number of ether oxygens (including phenoxy) is 1. The van der Waals surface area contributed by atoms with Crippen molar-refractivity contribution in [1.82, 2.24) is 0 Å². The fourth-order valence-corrected chi connectivity index (χ4v) is 5.47. The van der Waals surface area contributed by atoms with E-state index >= 15 is 0 Å². The summed E-state index contributed by atoms with van der Waals surface area (Å²) in [6.45, 7) is 2.04. The standard InChI is InChI=1S/C22H18O4S/c1-2-26-22(23)15-12-13-19-20(14-15)17-10-6-7-11-18(17)21(19)27(24,25)16-8-4-3-5-9-16/h3-14,21H,2H2,1H3. The average molecular weight is 378 g/mol.